The minimum absolute atomic E-state index is 0.116. The highest BCUT2D eigenvalue weighted by molar-refractivity contribution is 4.87. The van der Waals surface area contributed by atoms with E-state index < -0.39 is 18.4 Å². The van der Waals surface area contributed by atoms with Crippen molar-refractivity contribution in [2.45, 2.75) is 31.1 Å². The predicted molar refractivity (Wildman–Crippen MR) is 59.8 cm³/mol. The molecule has 18 heavy (non-hydrogen) atoms. The van der Waals surface area contributed by atoms with Crippen LogP contribution in [0.2, 0.25) is 0 Å². The van der Waals surface area contributed by atoms with E-state index in [1.54, 1.807) is 14.2 Å². The first-order valence-corrected chi connectivity index (χ1v) is 5.72. The van der Waals surface area contributed by atoms with Crippen molar-refractivity contribution in [3.63, 3.8) is 0 Å². The van der Waals surface area contributed by atoms with Gasteiger partial charge in [-0.15, -0.1) is 0 Å². The SMILES string of the molecule is COCOC.COCOC1CC2OCC(O2)C1F. The average molecular weight is 268 g/mol. The standard InChI is InChI=1S/C8H13FO4.C3H8O2/c1-10-4-12-5-2-7-11-3-6(13-7)8(5)9;1-4-3-5-2/h5-8H,2-4H2,1H3;3H2,1-2H3. The molecule has 4 atom stereocenters. The summed E-state index contributed by atoms with van der Waals surface area (Å²) in [6.45, 7) is 0.837. The van der Waals surface area contributed by atoms with Gasteiger partial charge in [0.1, 0.15) is 19.7 Å². The number of rotatable bonds is 5. The van der Waals surface area contributed by atoms with E-state index in [1.165, 1.54) is 7.11 Å². The molecule has 2 saturated heterocycles. The van der Waals surface area contributed by atoms with E-state index in [1.807, 2.05) is 0 Å². The monoisotopic (exact) mass is 268 g/mol. The largest absolute Gasteiger partial charge is 0.359 e. The number of halogens is 1. The summed E-state index contributed by atoms with van der Waals surface area (Å²) in [7, 11) is 4.69. The lowest BCUT2D eigenvalue weighted by atomic mass is 10.1. The van der Waals surface area contributed by atoms with Gasteiger partial charge in [0, 0.05) is 27.8 Å². The van der Waals surface area contributed by atoms with Crippen molar-refractivity contribution in [3.8, 4) is 0 Å². The molecule has 7 heteroatoms. The molecule has 0 aromatic heterocycles. The molecular formula is C11H21FO6. The molecule has 2 fully saturated rings. The Balaban J connectivity index is 0.000000280. The quantitative estimate of drug-likeness (QED) is 0.684. The Morgan fingerprint density at radius 1 is 1.11 bits per heavy atom. The summed E-state index contributed by atoms with van der Waals surface area (Å²) in [5.41, 5.74) is 0. The second kappa shape index (κ2) is 8.73. The van der Waals surface area contributed by atoms with Gasteiger partial charge in [-0.3, -0.25) is 0 Å². The van der Waals surface area contributed by atoms with Gasteiger partial charge in [-0.2, -0.15) is 0 Å². The van der Waals surface area contributed by atoms with E-state index in [2.05, 4.69) is 9.47 Å². The summed E-state index contributed by atoms with van der Waals surface area (Å²) in [4.78, 5) is 0. The molecule has 0 N–H and O–H groups in total. The Morgan fingerprint density at radius 2 is 1.78 bits per heavy atom. The van der Waals surface area contributed by atoms with Crippen LogP contribution in [0.1, 0.15) is 6.42 Å². The molecule has 0 saturated carbocycles. The van der Waals surface area contributed by atoms with Crippen molar-refractivity contribution >= 4 is 0 Å². The van der Waals surface area contributed by atoms with Crippen molar-refractivity contribution < 1.29 is 32.8 Å². The van der Waals surface area contributed by atoms with Crippen molar-refractivity contribution in [2.24, 2.45) is 0 Å². The number of hydrogen-bond acceptors (Lipinski definition) is 6. The average Bonchev–Trinajstić information content (AvgIpc) is 2.78. The minimum Gasteiger partial charge on any atom is -0.359 e. The molecule has 2 bridgehead atoms. The van der Waals surface area contributed by atoms with Crippen LogP contribution in [-0.2, 0) is 28.4 Å². The fourth-order valence-electron chi connectivity index (χ4n) is 1.76. The summed E-state index contributed by atoms with van der Waals surface area (Å²) in [5.74, 6) is 0. The fraction of sp³-hybridized carbons (Fsp3) is 1.00. The van der Waals surface area contributed by atoms with E-state index in [4.69, 9.17) is 18.9 Å². The normalized spacial score (nSPS) is 34.0. The topological polar surface area (TPSA) is 55.4 Å². The van der Waals surface area contributed by atoms with E-state index >= 15 is 0 Å². The van der Waals surface area contributed by atoms with Gasteiger partial charge in [0.15, 0.2) is 12.5 Å². The summed E-state index contributed by atoms with van der Waals surface area (Å²) in [6, 6.07) is 0. The minimum atomic E-state index is -1.10. The second-order valence-corrected chi connectivity index (χ2v) is 3.92. The Bertz CT molecular complexity index is 216. The lowest BCUT2D eigenvalue weighted by molar-refractivity contribution is -0.185. The number of alkyl halides is 1. The third-order valence-corrected chi connectivity index (χ3v) is 2.54. The second-order valence-electron chi connectivity index (χ2n) is 3.92. The number of methoxy groups -OCH3 is 3. The van der Waals surface area contributed by atoms with E-state index in [0.717, 1.165) is 0 Å². The van der Waals surface area contributed by atoms with Gasteiger partial charge < -0.3 is 28.4 Å². The summed E-state index contributed by atoms with van der Waals surface area (Å²) in [5, 5.41) is 0. The van der Waals surface area contributed by atoms with Crippen molar-refractivity contribution in [2.75, 3.05) is 41.5 Å². The first-order chi connectivity index (χ1) is 8.72. The maximum atomic E-state index is 13.5. The fourth-order valence-corrected chi connectivity index (χ4v) is 1.76. The summed E-state index contributed by atoms with van der Waals surface area (Å²) < 4.78 is 42.7. The van der Waals surface area contributed by atoms with E-state index in [0.29, 0.717) is 19.8 Å². The maximum absolute atomic E-state index is 13.5. The van der Waals surface area contributed by atoms with Crippen LogP contribution in [0.25, 0.3) is 0 Å². The Kier molecular flexibility index (Phi) is 7.64. The van der Waals surface area contributed by atoms with Crippen LogP contribution in [0.4, 0.5) is 4.39 Å². The lowest BCUT2D eigenvalue weighted by Crippen LogP contribution is -2.43. The van der Waals surface area contributed by atoms with Crippen molar-refractivity contribution in [1.29, 1.82) is 0 Å². The molecule has 0 amide bonds. The Hall–Kier alpha value is -0.310. The molecule has 6 nitrogen and oxygen atoms in total. The van der Waals surface area contributed by atoms with Crippen LogP contribution < -0.4 is 0 Å². The number of fused-ring (bicyclic) bond motifs is 2. The molecule has 0 aliphatic carbocycles. The van der Waals surface area contributed by atoms with Gasteiger partial charge in [-0.25, -0.2) is 4.39 Å². The number of ether oxygens (including phenoxy) is 6. The van der Waals surface area contributed by atoms with Gasteiger partial charge in [0.25, 0.3) is 0 Å². The molecule has 2 rings (SSSR count). The zero-order chi connectivity index (χ0) is 13.4. The molecule has 2 aliphatic rings. The maximum Gasteiger partial charge on any atom is 0.160 e. The number of hydrogen-bond donors (Lipinski definition) is 0. The molecule has 108 valence electrons. The Morgan fingerprint density at radius 3 is 2.33 bits per heavy atom. The highest BCUT2D eigenvalue weighted by Gasteiger charge is 2.44. The van der Waals surface area contributed by atoms with Crippen LogP contribution >= 0.6 is 0 Å². The van der Waals surface area contributed by atoms with Crippen LogP contribution in [0.5, 0.6) is 0 Å². The highest BCUT2D eigenvalue weighted by atomic mass is 19.1. The third kappa shape index (κ3) is 4.75. The zero-order valence-electron chi connectivity index (χ0n) is 11.0. The first-order valence-electron chi connectivity index (χ1n) is 5.72. The first kappa shape index (κ1) is 15.7. The van der Waals surface area contributed by atoms with E-state index in [-0.39, 0.29) is 13.1 Å². The van der Waals surface area contributed by atoms with Gasteiger partial charge in [0.2, 0.25) is 0 Å². The third-order valence-electron chi connectivity index (χ3n) is 2.54. The van der Waals surface area contributed by atoms with Gasteiger partial charge in [-0.1, -0.05) is 0 Å². The van der Waals surface area contributed by atoms with Crippen LogP contribution in [0.3, 0.4) is 0 Å². The van der Waals surface area contributed by atoms with E-state index in [9.17, 15) is 4.39 Å². The molecule has 2 heterocycles. The summed E-state index contributed by atoms with van der Waals surface area (Å²) in [6.07, 6.45) is -1.86. The van der Waals surface area contributed by atoms with Crippen LogP contribution in [0, 0.1) is 0 Å². The lowest BCUT2D eigenvalue weighted by Gasteiger charge is -2.29. The molecule has 0 aromatic carbocycles. The van der Waals surface area contributed by atoms with Gasteiger partial charge in [-0.05, 0) is 0 Å². The summed E-state index contributed by atoms with van der Waals surface area (Å²) >= 11 is 0. The zero-order valence-corrected chi connectivity index (χ0v) is 11.0. The highest BCUT2D eigenvalue weighted by Crippen LogP contribution is 2.31. The molecule has 0 radical (unpaired) electrons. The van der Waals surface area contributed by atoms with Crippen molar-refractivity contribution in [1.82, 2.24) is 0 Å². The molecular weight excluding hydrogens is 247 g/mol. The Labute approximate surface area is 106 Å². The van der Waals surface area contributed by atoms with Crippen LogP contribution in [-0.4, -0.2) is 66.2 Å². The molecule has 4 unspecified atom stereocenters. The predicted octanol–water partition coefficient (Wildman–Crippen LogP) is 0.695. The molecule has 2 aliphatic heterocycles. The van der Waals surface area contributed by atoms with Gasteiger partial charge >= 0.3 is 0 Å². The molecule has 0 spiro atoms. The van der Waals surface area contributed by atoms with Crippen molar-refractivity contribution in [3.05, 3.63) is 0 Å². The smallest absolute Gasteiger partial charge is 0.160 e. The van der Waals surface area contributed by atoms with Gasteiger partial charge in [0.05, 0.1) is 12.7 Å². The van der Waals surface area contributed by atoms with Crippen LogP contribution in [0.15, 0.2) is 0 Å². The molecule has 0 aromatic rings.